The summed E-state index contributed by atoms with van der Waals surface area (Å²) in [6.07, 6.45) is 5.23. The maximum Gasteiger partial charge on any atom is 0.145 e. The van der Waals surface area contributed by atoms with E-state index in [4.69, 9.17) is 0 Å². The van der Waals surface area contributed by atoms with Crippen LogP contribution in [0.25, 0.3) is 0 Å². The van der Waals surface area contributed by atoms with Gasteiger partial charge in [0.05, 0.1) is 0 Å². The van der Waals surface area contributed by atoms with Gasteiger partial charge in [0.2, 0.25) is 0 Å². The quantitative estimate of drug-likeness (QED) is 0.528. The van der Waals surface area contributed by atoms with Crippen LogP contribution in [-0.4, -0.2) is 6.29 Å². The van der Waals surface area contributed by atoms with Gasteiger partial charge in [-0.3, -0.25) is 4.79 Å². The molecule has 0 aliphatic heterocycles. The van der Waals surface area contributed by atoms with Crippen LogP contribution >= 0.6 is 0 Å². The van der Waals surface area contributed by atoms with Crippen molar-refractivity contribution in [1.29, 1.82) is 0 Å². The van der Waals surface area contributed by atoms with E-state index in [0.717, 1.165) is 24.7 Å². The first kappa shape index (κ1) is 8.51. The number of allylic oxidation sites excluding steroid dienone is 2. The monoisotopic (exact) mass is 152 g/mol. The molecule has 62 valence electrons. The molecule has 1 aliphatic rings. The second kappa shape index (κ2) is 2.80. The molecule has 0 saturated carbocycles. The molecule has 1 atom stereocenters. The summed E-state index contributed by atoms with van der Waals surface area (Å²) in [6.45, 7) is 6.64. The smallest absolute Gasteiger partial charge is 0.145 e. The van der Waals surface area contributed by atoms with Crippen LogP contribution in [0.3, 0.4) is 0 Å². The van der Waals surface area contributed by atoms with Crippen LogP contribution in [0.2, 0.25) is 0 Å². The molecule has 0 aromatic rings. The molecule has 1 heteroatoms. The molecule has 0 bridgehead atoms. The molecule has 0 aromatic carbocycles. The lowest BCUT2D eigenvalue weighted by molar-refractivity contribution is -0.105. The van der Waals surface area contributed by atoms with Crippen molar-refractivity contribution in [3.05, 3.63) is 11.6 Å². The van der Waals surface area contributed by atoms with Gasteiger partial charge in [0.25, 0.3) is 0 Å². The molecule has 0 saturated heterocycles. The van der Waals surface area contributed by atoms with Gasteiger partial charge < -0.3 is 0 Å². The molecular weight excluding hydrogens is 136 g/mol. The minimum Gasteiger partial charge on any atom is -0.298 e. The van der Waals surface area contributed by atoms with Gasteiger partial charge in [-0.25, -0.2) is 0 Å². The van der Waals surface area contributed by atoms with Crippen LogP contribution < -0.4 is 0 Å². The number of aldehydes is 1. The average molecular weight is 152 g/mol. The third kappa shape index (κ3) is 1.70. The maximum absolute atomic E-state index is 10.5. The predicted octanol–water partition coefficient (Wildman–Crippen LogP) is 2.57. The first-order valence-corrected chi connectivity index (χ1v) is 4.23. The third-order valence-corrected chi connectivity index (χ3v) is 2.84. The zero-order chi connectivity index (χ0) is 8.48. The highest BCUT2D eigenvalue weighted by Crippen LogP contribution is 2.37. The molecule has 1 rings (SSSR count). The van der Waals surface area contributed by atoms with E-state index >= 15 is 0 Å². The number of carbonyl (C=O) groups excluding carboxylic acids is 1. The average Bonchev–Trinajstić information content (AvgIpc) is 1.95. The maximum atomic E-state index is 10.5. The summed E-state index contributed by atoms with van der Waals surface area (Å²) in [5, 5.41) is 0. The zero-order valence-corrected chi connectivity index (χ0v) is 7.55. The Balaban J connectivity index is 2.84. The van der Waals surface area contributed by atoms with Crippen molar-refractivity contribution in [2.24, 2.45) is 11.3 Å². The number of hydrogen-bond donors (Lipinski definition) is 0. The van der Waals surface area contributed by atoms with Crippen molar-refractivity contribution in [2.75, 3.05) is 0 Å². The van der Waals surface area contributed by atoms with Crippen LogP contribution in [0.4, 0.5) is 0 Å². The Labute approximate surface area is 68.5 Å². The van der Waals surface area contributed by atoms with E-state index in [2.05, 4.69) is 26.8 Å². The van der Waals surface area contributed by atoms with Crippen molar-refractivity contribution >= 4 is 6.29 Å². The van der Waals surface area contributed by atoms with Gasteiger partial charge in [-0.05, 0) is 29.7 Å². The van der Waals surface area contributed by atoms with Crippen molar-refractivity contribution < 1.29 is 4.79 Å². The molecular formula is C10H16O. The molecule has 0 fully saturated rings. The van der Waals surface area contributed by atoms with Gasteiger partial charge in [-0.15, -0.1) is 0 Å². The van der Waals surface area contributed by atoms with E-state index in [1.807, 2.05) is 0 Å². The standard InChI is InChI=1S/C10H16O/c1-8-4-5-9(7-11)6-10(8,2)3/h6-8H,4-5H2,1-3H3/t8-/m0/s1. The van der Waals surface area contributed by atoms with Crippen molar-refractivity contribution in [3.63, 3.8) is 0 Å². The number of carbonyl (C=O) groups is 1. The first-order chi connectivity index (χ1) is 5.06. The largest absolute Gasteiger partial charge is 0.298 e. The Morgan fingerprint density at radius 1 is 1.64 bits per heavy atom. The Morgan fingerprint density at radius 3 is 2.73 bits per heavy atom. The van der Waals surface area contributed by atoms with E-state index in [-0.39, 0.29) is 5.41 Å². The zero-order valence-electron chi connectivity index (χ0n) is 7.55. The van der Waals surface area contributed by atoms with Gasteiger partial charge in [0, 0.05) is 0 Å². The van der Waals surface area contributed by atoms with Crippen molar-refractivity contribution in [2.45, 2.75) is 33.6 Å². The van der Waals surface area contributed by atoms with Crippen LogP contribution in [-0.2, 0) is 4.79 Å². The second-order valence-corrected chi connectivity index (χ2v) is 4.10. The summed E-state index contributed by atoms with van der Waals surface area (Å²) in [6, 6.07) is 0. The minimum atomic E-state index is 0.217. The molecule has 11 heavy (non-hydrogen) atoms. The Hall–Kier alpha value is -0.590. The molecule has 0 spiro atoms. The van der Waals surface area contributed by atoms with Crippen molar-refractivity contribution in [1.82, 2.24) is 0 Å². The molecule has 1 aliphatic carbocycles. The fourth-order valence-corrected chi connectivity index (χ4v) is 1.54. The minimum absolute atomic E-state index is 0.217. The van der Waals surface area contributed by atoms with E-state index in [9.17, 15) is 4.79 Å². The molecule has 0 aromatic heterocycles. The predicted molar refractivity (Wildman–Crippen MR) is 46.3 cm³/mol. The lowest BCUT2D eigenvalue weighted by atomic mass is 9.72. The van der Waals surface area contributed by atoms with E-state index in [1.165, 1.54) is 0 Å². The van der Waals surface area contributed by atoms with Crippen LogP contribution in [0.5, 0.6) is 0 Å². The summed E-state index contributed by atoms with van der Waals surface area (Å²) < 4.78 is 0. The fourth-order valence-electron chi connectivity index (χ4n) is 1.54. The summed E-state index contributed by atoms with van der Waals surface area (Å²) in [7, 11) is 0. The first-order valence-electron chi connectivity index (χ1n) is 4.23. The Morgan fingerprint density at radius 2 is 2.27 bits per heavy atom. The molecule has 0 radical (unpaired) electrons. The highest BCUT2D eigenvalue weighted by molar-refractivity contribution is 5.73. The highest BCUT2D eigenvalue weighted by atomic mass is 16.1. The van der Waals surface area contributed by atoms with Crippen LogP contribution in [0.15, 0.2) is 11.6 Å². The second-order valence-electron chi connectivity index (χ2n) is 4.10. The summed E-state index contributed by atoms with van der Waals surface area (Å²) in [4.78, 5) is 10.5. The third-order valence-electron chi connectivity index (χ3n) is 2.84. The van der Waals surface area contributed by atoms with Gasteiger partial charge >= 0.3 is 0 Å². The number of rotatable bonds is 1. The fraction of sp³-hybridized carbons (Fsp3) is 0.700. The molecule has 0 heterocycles. The van der Waals surface area contributed by atoms with Gasteiger partial charge in [0.15, 0.2) is 0 Å². The summed E-state index contributed by atoms with van der Waals surface area (Å²) >= 11 is 0. The SMILES string of the molecule is C[C@H]1CCC(C=O)=CC1(C)C. The van der Waals surface area contributed by atoms with Gasteiger partial charge in [0.1, 0.15) is 6.29 Å². The Kier molecular flexibility index (Phi) is 2.17. The lowest BCUT2D eigenvalue weighted by Crippen LogP contribution is -2.23. The van der Waals surface area contributed by atoms with Crippen LogP contribution in [0.1, 0.15) is 33.6 Å². The molecule has 1 nitrogen and oxygen atoms in total. The summed E-state index contributed by atoms with van der Waals surface area (Å²) in [5.74, 6) is 0.700. The van der Waals surface area contributed by atoms with Gasteiger partial charge in [-0.1, -0.05) is 26.8 Å². The molecule has 0 N–H and O–H groups in total. The molecule has 0 amide bonds. The van der Waals surface area contributed by atoms with Gasteiger partial charge in [-0.2, -0.15) is 0 Å². The normalized spacial score (nSPS) is 29.4. The van der Waals surface area contributed by atoms with E-state index in [0.29, 0.717) is 5.92 Å². The van der Waals surface area contributed by atoms with E-state index < -0.39 is 0 Å². The number of hydrogen-bond acceptors (Lipinski definition) is 1. The van der Waals surface area contributed by atoms with Crippen molar-refractivity contribution in [3.8, 4) is 0 Å². The highest BCUT2D eigenvalue weighted by Gasteiger charge is 2.27. The summed E-state index contributed by atoms with van der Waals surface area (Å²) in [5.41, 5.74) is 1.20. The van der Waals surface area contributed by atoms with Crippen LogP contribution in [0, 0.1) is 11.3 Å². The topological polar surface area (TPSA) is 17.1 Å². The lowest BCUT2D eigenvalue weighted by Gasteiger charge is -2.33. The Bertz CT molecular complexity index is 189. The van der Waals surface area contributed by atoms with E-state index in [1.54, 1.807) is 0 Å². The molecule has 0 unspecified atom stereocenters.